The lowest BCUT2D eigenvalue weighted by Crippen LogP contribution is -2.15. The highest BCUT2D eigenvalue weighted by Gasteiger charge is 2.17. The number of ether oxygens (including phenoxy) is 1. The number of halogens is 2. The van der Waals surface area contributed by atoms with Gasteiger partial charge in [-0.2, -0.15) is 0 Å². The molecule has 0 aliphatic heterocycles. The summed E-state index contributed by atoms with van der Waals surface area (Å²) < 4.78 is 32.2. The standard InChI is InChI=1S/C15H15F2NO2/c1-20-14-8-3-2-7-12(14)18-9-13(19)15-10(16)5-4-6-11(15)17/h2-8,13,18-19H,9H2,1H3. The molecule has 0 aromatic heterocycles. The van der Waals surface area contributed by atoms with Crippen LogP contribution >= 0.6 is 0 Å². The molecule has 0 spiro atoms. The van der Waals surface area contributed by atoms with Crippen LogP contribution in [0.5, 0.6) is 5.75 Å². The van der Waals surface area contributed by atoms with E-state index in [1.54, 1.807) is 24.3 Å². The van der Waals surface area contributed by atoms with Crippen LogP contribution in [0.2, 0.25) is 0 Å². The average molecular weight is 279 g/mol. The zero-order valence-electron chi connectivity index (χ0n) is 10.9. The summed E-state index contributed by atoms with van der Waals surface area (Å²) in [6.07, 6.45) is -1.29. The zero-order chi connectivity index (χ0) is 14.5. The summed E-state index contributed by atoms with van der Waals surface area (Å²) in [7, 11) is 1.52. The van der Waals surface area contributed by atoms with E-state index in [1.165, 1.54) is 13.2 Å². The first-order valence-corrected chi connectivity index (χ1v) is 6.12. The molecule has 0 fully saturated rings. The Labute approximate surface area is 115 Å². The van der Waals surface area contributed by atoms with Gasteiger partial charge in [-0.3, -0.25) is 0 Å². The fraction of sp³-hybridized carbons (Fsp3) is 0.200. The van der Waals surface area contributed by atoms with Gasteiger partial charge < -0.3 is 15.2 Å². The molecule has 0 bridgehead atoms. The number of methoxy groups -OCH3 is 1. The number of benzene rings is 2. The largest absolute Gasteiger partial charge is 0.495 e. The monoisotopic (exact) mass is 279 g/mol. The summed E-state index contributed by atoms with van der Waals surface area (Å²) in [4.78, 5) is 0. The fourth-order valence-electron chi connectivity index (χ4n) is 1.93. The van der Waals surface area contributed by atoms with Crippen molar-refractivity contribution in [2.24, 2.45) is 0 Å². The van der Waals surface area contributed by atoms with Crippen LogP contribution in [0.4, 0.5) is 14.5 Å². The maximum Gasteiger partial charge on any atom is 0.141 e. The van der Waals surface area contributed by atoms with Crippen molar-refractivity contribution in [1.82, 2.24) is 0 Å². The topological polar surface area (TPSA) is 41.5 Å². The van der Waals surface area contributed by atoms with Crippen LogP contribution < -0.4 is 10.1 Å². The second-order valence-electron chi connectivity index (χ2n) is 4.23. The fourth-order valence-corrected chi connectivity index (χ4v) is 1.93. The van der Waals surface area contributed by atoms with Gasteiger partial charge in [0.15, 0.2) is 0 Å². The predicted molar refractivity (Wildman–Crippen MR) is 72.8 cm³/mol. The molecule has 2 N–H and O–H groups in total. The third-order valence-electron chi connectivity index (χ3n) is 2.93. The van der Waals surface area contributed by atoms with E-state index in [2.05, 4.69) is 5.32 Å². The molecule has 0 aliphatic rings. The Balaban J connectivity index is 2.11. The van der Waals surface area contributed by atoms with Crippen molar-refractivity contribution >= 4 is 5.69 Å². The van der Waals surface area contributed by atoms with E-state index in [9.17, 15) is 13.9 Å². The van der Waals surface area contributed by atoms with Crippen LogP contribution in [0.15, 0.2) is 42.5 Å². The van der Waals surface area contributed by atoms with Crippen molar-refractivity contribution < 1.29 is 18.6 Å². The Morgan fingerprint density at radius 2 is 1.75 bits per heavy atom. The molecule has 2 rings (SSSR count). The Bertz CT molecular complexity index is 570. The number of nitrogens with one attached hydrogen (secondary N) is 1. The van der Waals surface area contributed by atoms with Crippen LogP contribution in [0.1, 0.15) is 11.7 Å². The van der Waals surface area contributed by atoms with Crippen LogP contribution in [-0.4, -0.2) is 18.8 Å². The number of aliphatic hydroxyl groups is 1. The van der Waals surface area contributed by atoms with E-state index in [-0.39, 0.29) is 12.1 Å². The first-order chi connectivity index (χ1) is 9.63. The number of hydrogen-bond donors (Lipinski definition) is 2. The zero-order valence-corrected chi connectivity index (χ0v) is 10.9. The van der Waals surface area contributed by atoms with Gasteiger partial charge in [-0.05, 0) is 24.3 Å². The molecular weight excluding hydrogens is 264 g/mol. The van der Waals surface area contributed by atoms with E-state index in [1.807, 2.05) is 0 Å². The smallest absolute Gasteiger partial charge is 0.141 e. The van der Waals surface area contributed by atoms with Crippen LogP contribution in [0.25, 0.3) is 0 Å². The summed E-state index contributed by atoms with van der Waals surface area (Å²) in [5, 5.41) is 12.8. The molecule has 1 unspecified atom stereocenters. The maximum absolute atomic E-state index is 13.5. The third-order valence-corrected chi connectivity index (χ3v) is 2.93. The molecule has 0 amide bonds. The quantitative estimate of drug-likeness (QED) is 0.883. The van der Waals surface area contributed by atoms with Gasteiger partial charge in [-0.15, -0.1) is 0 Å². The van der Waals surface area contributed by atoms with Gasteiger partial charge >= 0.3 is 0 Å². The predicted octanol–water partition coefficient (Wildman–Crippen LogP) is 3.12. The summed E-state index contributed by atoms with van der Waals surface area (Å²) in [5.41, 5.74) is 0.306. The molecule has 5 heteroatoms. The molecule has 0 aliphatic carbocycles. The summed E-state index contributed by atoms with van der Waals surface area (Å²) in [5.74, 6) is -0.938. The lowest BCUT2D eigenvalue weighted by Gasteiger charge is -2.16. The van der Waals surface area contributed by atoms with Crippen LogP contribution in [0, 0.1) is 11.6 Å². The van der Waals surface area contributed by atoms with Crippen molar-refractivity contribution in [2.75, 3.05) is 19.0 Å². The maximum atomic E-state index is 13.5. The number of anilines is 1. The SMILES string of the molecule is COc1ccccc1NCC(O)c1c(F)cccc1F. The Morgan fingerprint density at radius 1 is 1.10 bits per heavy atom. The van der Waals surface area contributed by atoms with Crippen molar-refractivity contribution in [3.63, 3.8) is 0 Å². The van der Waals surface area contributed by atoms with E-state index >= 15 is 0 Å². The number of para-hydroxylation sites is 2. The van der Waals surface area contributed by atoms with E-state index in [0.717, 1.165) is 12.1 Å². The van der Waals surface area contributed by atoms with Crippen molar-refractivity contribution in [3.05, 3.63) is 59.7 Å². The minimum Gasteiger partial charge on any atom is -0.495 e. The highest BCUT2D eigenvalue weighted by molar-refractivity contribution is 5.56. The molecule has 106 valence electrons. The first kappa shape index (κ1) is 14.3. The normalized spacial score (nSPS) is 12.0. The second kappa shape index (κ2) is 6.34. The molecule has 0 radical (unpaired) electrons. The van der Waals surface area contributed by atoms with Gasteiger partial charge in [0.25, 0.3) is 0 Å². The summed E-state index contributed by atoms with van der Waals surface area (Å²) in [6, 6.07) is 10.6. The van der Waals surface area contributed by atoms with E-state index in [0.29, 0.717) is 11.4 Å². The van der Waals surface area contributed by atoms with E-state index in [4.69, 9.17) is 4.74 Å². The minimum atomic E-state index is -1.29. The highest BCUT2D eigenvalue weighted by Crippen LogP contribution is 2.25. The lowest BCUT2D eigenvalue weighted by atomic mass is 10.1. The molecular formula is C15H15F2NO2. The Kier molecular flexibility index (Phi) is 4.53. The van der Waals surface area contributed by atoms with Crippen molar-refractivity contribution in [2.45, 2.75) is 6.10 Å². The van der Waals surface area contributed by atoms with Gasteiger partial charge in [-0.1, -0.05) is 18.2 Å². The van der Waals surface area contributed by atoms with Gasteiger partial charge in [-0.25, -0.2) is 8.78 Å². The van der Waals surface area contributed by atoms with E-state index < -0.39 is 17.7 Å². The Hall–Kier alpha value is -2.14. The molecule has 2 aromatic rings. The summed E-state index contributed by atoms with van der Waals surface area (Å²) >= 11 is 0. The average Bonchev–Trinajstić information content (AvgIpc) is 2.45. The van der Waals surface area contributed by atoms with Crippen molar-refractivity contribution in [3.8, 4) is 5.75 Å². The van der Waals surface area contributed by atoms with Gasteiger partial charge in [0.1, 0.15) is 23.5 Å². The minimum absolute atomic E-state index is 0.0295. The van der Waals surface area contributed by atoms with Crippen LogP contribution in [-0.2, 0) is 0 Å². The number of hydrogen-bond acceptors (Lipinski definition) is 3. The molecule has 3 nitrogen and oxygen atoms in total. The van der Waals surface area contributed by atoms with Crippen LogP contribution in [0.3, 0.4) is 0 Å². The molecule has 0 heterocycles. The number of aliphatic hydroxyl groups excluding tert-OH is 1. The highest BCUT2D eigenvalue weighted by atomic mass is 19.1. The molecule has 0 saturated carbocycles. The molecule has 1 atom stereocenters. The Morgan fingerprint density at radius 3 is 2.40 bits per heavy atom. The second-order valence-corrected chi connectivity index (χ2v) is 4.23. The molecule has 20 heavy (non-hydrogen) atoms. The van der Waals surface area contributed by atoms with Gasteiger partial charge in [0.05, 0.1) is 18.4 Å². The van der Waals surface area contributed by atoms with Crippen molar-refractivity contribution in [1.29, 1.82) is 0 Å². The van der Waals surface area contributed by atoms with Gasteiger partial charge in [0.2, 0.25) is 0 Å². The third kappa shape index (κ3) is 3.05. The molecule has 0 saturated heterocycles. The van der Waals surface area contributed by atoms with Gasteiger partial charge in [0, 0.05) is 6.54 Å². The number of rotatable bonds is 5. The lowest BCUT2D eigenvalue weighted by molar-refractivity contribution is 0.181. The molecule has 2 aromatic carbocycles. The first-order valence-electron chi connectivity index (χ1n) is 6.12. The summed E-state index contributed by atoms with van der Waals surface area (Å²) in [6.45, 7) is -0.0295.